The molecule has 0 radical (unpaired) electrons. The average molecular weight is 488 g/mol. The third-order valence-corrected chi connectivity index (χ3v) is 5.56. The molecule has 0 saturated carbocycles. The largest absolute Gasteiger partial charge is 0.493 e. The number of ether oxygens (including phenoxy) is 2. The van der Waals surface area contributed by atoms with E-state index >= 15 is 0 Å². The normalized spacial score (nSPS) is 10.7. The van der Waals surface area contributed by atoms with E-state index in [9.17, 15) is 9.59 Å². The van der Waals surface area contributed by atoms with Crippen LogP contribution < -0.4 is 20.2 Å². The molecule has 3 aromatic carbocycles. The summed E-state index contributed by atoms with van der Waals surface area (Å²) in [5.41, 5.74) is 4.72. The summed E-state index contributed by atoms with van der Waals surface area (Å²) in [7, 11) is 1.55. The van der Waals surface area contributed by atoms with Crippen molar-refractivity contribution in [3.8, 4) is 22.1 Å². The van der Waals surface area contributed by atoms with E-state index in [4.69, 9.17) is 9.47 Å². The van der Waals surface area contributed by atoms with Crippen LogP contribution in [0.25, 0.3) is 10.6 Å². The molecule has 0 aliphatic carbocycles. The number of aromatic nitrogens is 2. The Labute approximate surface area is 205 Å². The van der Waals surface area contributed by atoms with Crippen molar-refractivity contribution in [1.82, 2.24) is 15.6 Å². The first kappa shape index (κ1) is 23.6. The van der Waals surface area contributed by atoms with Crippen molar-refractivity contribution in [1.29, 1.82) is 0 Å². The van der Waals surface area contributed by atoms with Gasteiger partial charge < -0.3 is 9.47 Å². The van der Waals surface area contributed by atoms with Crippen LogP contribution in [0.2, 0.25) is 0 Å². The van der Waals surface area contributed by atoms with Gasteiger partial charge in [-0.15, -0.1) is 10.2 Å². The molecule has 0 spiro atoms. The summed E-state index contributed by atoms with van der Waals surface area (Å²) in [5.74, 6) is -0.755. The van der Waals surface area contributed by atoms with Crippen molar-refractivity contribution >= 4 is 34.5 Å². The molecule has 0 aliphatic heterocycles. The lowest BCUT2D eigenvalue weighted by Crippen LogP contribution is -2.32. The number of carbonyl (C=O) groups excluding carboxylic acids is 2. The van der Waals surface area contributed by atoms with Gasteiger partial charge >= 0.3 is 11.8 Å². The van der Waals surface area contributed by atoms with Gasteiger partial charge in [-0.1, -0.05) is 72.0 Å². The molecule has 4 rings (SSSR count). The number of carbonyl (C=O) groups is 2. The third-order valence-electron chi connectivity index (χ3n) is 4.68. The lowest BCUT2D eigenvalue weighted by atomic mass is 10.2. The summed E-state index contributed by atoms with van der Waals surface area (Å²) in [6.07, 6.45) is 1.40. The first-order valence-electron chi connectivity index (χ1n) is 10.5. The van der Waals surface area contributed by atoms with E-state index in [-0.39, 0.29) is 5.13 Å². The number of benzene rings is 3. The predicted molar refractivity (Wildman–Crippen MR) is 133 cm³/mol. The van der Waals surface area contributed by atoms with Crippen LogP contribution in [0.3, 0.4) is 0 Å². The molecule has 2 N–H and O–H groups in total. The average Bonchev–Trinajstić information content (AvgIpc) is 3.37. The lowest BCUT2D eigenvalue weighted by Gasteiger charge is -2.11. The number of hydrogen-bond donors (Lipinski definition) is 2. The zero-order valence-electron chi connectivity index (χ0n) is 18.7. The topological polar surface area (TPSA) is 115 Å². The van der Waals surface area contributed by atoms with Crippen LogP contribution in [0.1, 0.15) is 11.1 Å². The second kappa shape index (κ2) is 11.5. The second-order valence-corrected chi connectivity index (χ2v) is 8.09. The minimum Gasteiger partial charge on any atom is -0.493 e. The zero-order chi connectivity index (χ0) is 24.5. The molecular formula is C25H21N5O4S. The second-order valence-electron chi connectivity index (χ2n) is 7.12. The first-order valence-corrected chi connectivity index (χ1v) is 11.3. The number of anilines is 1. The van der Waals surface area contributed by atoms with Gasteiger partial charge in [-0.2, -0.15) is 5.10 Å². The monoisotopic (exact) mass is 487 g/mol. The maximum Gasteiger partial charge on any atom is 0.329 e. The van der Waals surface area contributed by atoms with Crippen LogP contribution in [0.5, 0.6) is 11.5 Å². The van der Waals surface area contributed by atoms with Gasteiger partial charge in [0.25, 0.3) is 0 Å². The molecule has 0 atom stereocenters. The van der Waals surface area contributed by atoms with Crippen molar-refractivity contribution in [2.24, 2.45) is 5.10 Å². The number of nitrogens with one attached hydrogen (secondary N) is 2. The van der Waals surface area contributed by atoms with Gasteiger partial charge in [0, 0.05) is 5.56 Å². The summed E-state index contributed by atoms with van der Waals surface area (Å²) in [4.78, 5) is 24.3. The van der Waals surface area contributed by atoms with Crippen molar-refractivity contribution < 1.29 is 19.1 Å². The molecule has 0 unspecified atom stereocenters. The minimum atomic E-state index is -0.938. The molecule has 35 heavy (non-hydrogen) atoms. The van der Waals surface area contributed by atoms with Gasteiger partial charge in [-0.05, 0) is 29.3 Å². The van der Waals surface area contributed by atoms with E-state index < -0.39 is 11.8 Å². The van der Waals surface area contributed by atoms with Gasteiger partial charge in [-0.25, -0.2) is 5.43 Å². The van der Waals surface area contributed by atoms with Crippen molar-refractivity contribution in [3.63, 3.8) is 0 Å². The molecular weight excluding hydrogens is 466 g/mol. The highest BCUT2D eigenvalue weighted by molar-refractivity contribution is 7.18. The third kappa shape index (κ3) is 6.49. The summed E-state index contributed by atoms with van der Waals surface area (Å²) < 4.78 is 11.2. The van der Waals surface area contributed by atoms with Gasteiger partial charge in [-0.3, -0.25) is 14.9 Å². The zero-order valence-corrected chi connectivity index (χ0v) is 19.5. The standard InChI is InChI=1S/C25H21N5O4S/c1-33-20-13-12-18(14-21(20)34-16-17-8-4-2-5-9-17)15-26-28-23(32)22(31)27-25-30-29-24(35-25)19-10-6-3-7-11-19/h2-15H,16H2,1H3,(H,28,32)(H,27,30,31)/b26-15+. The Morgan fingerprint density at radius 2 is 1.69 bits per heavy atom. The number of hydrazone groups is 1. The van der Waals surface area contributed by atoms with Crippen LogP contribution in [-0.2, 0) is 16.2 Å². The van der Waals surface area contributed by atoms with Crippen LogP contribution >= 0.6 is 11.3 Å². The molecule has 176 valence electrons. The molecule has 0 aliphatic rings. The predicted octanol–water partition coefficient (Wildman–Crippen LogP) is 3.88. The summed E-state index contributed by atoms with van der Waals surface area (Å²) >= 11 is 1.16. The fourth-order valence-corrected chi connectivity index (χ4v) is 3.71. The van der Waals surface area contributed by atoms with E-state index in [1.165, 1.54) is 6.21 Å². The van der Waals surface area contributed by atoms with Crippen molar-refractivity contribution in [2.45, 2.75) is 6.61 Å². The highest BCUT2D eigenvalue weighted by atomic mass is 32.1. The fraction of sp³-hybridized carbons (Fsp3) is 0.0800. The lowest BCUT2D eigenvalue weighted by molar-refractivity contribution is -0.136. The molecule has 0 saturated heterocycles. The molecule has 4 aromatic rings. The van der Waals surface area contributed by atoms with E-state index in [0.29, 0.717) is 28.7 Å². The Morgan fingerprint density at radius 3 is 2.43 bits per heavy atom. The van der Waals surface area contributed by atoms with Crippen LogP contribution in [0, 0.1) is 0 Å². The number of methoxy groups -OCH3 is 1. The van der Waals surface area contributed by atoms with E-state index in [2.05, 4.69) is 26.0 Å². The Bertz CT molecular complexity index is 1330. The van der Waals surface area contributed by atoms with Crippen LogP contribution in [0.4, 0.5) is 5.13 Å². The smallest absolute Gasteiger partial charge is 0.329 e. The first-order chi connectivity index (χ1) is 17.1. The molecule has 2 amide bonds. The van der Waals surface area contributed by atoms with Gasteiger partial charge in [0.1, 0.15) is 11.6 Å². The minimum absolute atomic E-state index is 0.211. The Morgan fingerprint density at radius 1 is 0.943 bits per heavy atom. The number of nitrogens with zero attached hydrogens (tertiary/aromatic N) is 3. The Hall–Kier alpha value is -4.57. The summed E-state index contributed by atoms with van der Waals surface area (Å²) in [5, 5.41) is 15.0. The van der Waals surface area contributed by atoms with Crippen molar-refractivity contribution in [2.75, 3.05) is 12.4 Å². The quantitative estimate of drug-likeness (QED) is 0.221. The van der Waals surface area contributed by atoms with E-state index in [1.807, 2.05) is 60.7 Å². The van der Waals surface area contributed by atoms with E-state index in [0.717, 1.165) is 22.5 Å². The molecule has 10 heteroatoms. The molecule has 0 bridgehead atoms. The van der Waals surface area contributed by atoms with Gasteiger partial charge in [0.2, 0.25) is 5.13 Å². The van der Waals surface area contributed by atoms with Crippen molar-refractivity contribution in [3.05, 3.63) is 90.0 Å². The van der Waals surface area contributed by atoms with Crippen LogP contribution in [-0.4, -0.2) is 35.3 Å². The Kier molecular flexibility index (Phi) is 7.77. The molecule has 1 aromatic heterocycles. The highest BCUT2D eigenvalue weighted by Gasteiger charge is 2.16. The summed E-state index contributed by atoms with van der Waals surface area (Å²) in [6, 6.07) is 24.3. The summed E-state index contributed by atoms with van der Waals surface area (Å²) in [6.45, 7) is 0.367. The molecule has 9 nitrogen and oxygen atoms in total. The highest BCUT2D eigenvalue weighted by Crippen LogP contribution is 2.28. The van der Waals surface area contributed by atoms with Crippen LogP contribution in [0.15, 0.2) is 84.0 Å². The molecule has 1 heterocycles. The number of rotatable bonds is 8. The molecule has 0 fully saturated rings. The SMILES string of the molecule is COc1ccc(/C=N/NC(=O)C(=O)Nc2nnc(-c3ccccc3)s2)cc1OCc1ccccc1. The number of hydrogen-bond acceptors (Lipinski definition) is 8. The fourth-order valence-electron chi connectivity index (χ4n) is 2.96. The maximum absolute atomic E-state index is 12.2. The Balaban J connectivity index is 1.33. The van der Waals surface area contributed by atoms with Gasteiger partial charge in [0.15, 0.2) is 11.5 Å². The number of amides is 2. The van der Waals surface area contributed by atoms with E-state index in [1.54, 1.807) is 25.3 Å². The van der Waals surface area contributed by atoms with Gasteiger partial charge in [0.05, 0.1) is 13.3 Å². The maximum atomic E-state index is 12.2.